The van der Waals surface area contributed by atoms with E-state index in [0.29, 0.717) is 5.82 Å². The van der Waals surface area contributed by atoms with Crippen molar-refractivity contribution in [1.29, 1.82) is 0 Å². The zero-order valence-corrected chi connectivity index (χ0v) is 12.3. The average molecular weight is 319 g/mol. The first-order valence-electron chi connectivity index (χ1n) is 6.70. The number of aliphatic hydroxyl groups excluding tert-OH is 2. The summed E-state index contributed by atoms with van der Waals surface area (Å²) >= 11 is 1.47. The van der Waals surface area contributed by atoms with E-state index in [1.807, 2.05) is 5.38 Å². The SMILES string of the molecule is OCC(O)CNc1ncnc2scc(-c3ccc(F)cc3)c12. The van der Waals surface area contributed by atoms with Crippen LogP contribution < -0.4 is 5.32 Å². The average Bonchev–Trinajstić information content (AvgIpc) is 2.98. The predicted molar refractivity (Wildman–Crippen MR) is 84.4 cm³/mol. The van der Waals surface area contributed by atoms with Gasteiger partial charge in [-0.05, 0) is 17.7 Å². The minimum absolute atomic E-state index is 0.182. The third kappa shape index (κ3) is 2.92. The maximum atomic E-state index is 13.1. The molecule has 7 heteroatoms. The van der Waals surface area contributed by atoms with E-state index in [2.05, 4.69) is 15.3 Å². The monoisotopic (exact) mass is 319 g/mol. The number of hydrogen-bond donors (Lipinski definition) is 3. The van der Waals surface area contributed by atoms with Crippen molar-refractivity contribution in [2.75, 3.05) is 18.5 Å². The Labute approximate surface area is 130 Å². The molecule has 1 unspecified atom stereocenters. The molecule has 3 N–H and O–H groups in total. The highest BCUT2D eigenvalue weighted by Crippen LogP contribution is 2.36. The molecule has 0 aliphatic heterocycles. The van der Waals surface area contributed by atoms with Crippen LogP contribution in [0.5, 0.6) is 0 Å². The molecule has 0 spiro atoms. The van der Waals surface area contributed by atoms with E-state index in [1.54, 1.807) is 12.1 Å². The molecule has 0 bridgehead atoms. The molecule has 3 rings (SSSR count). The summed E-state index contributed by atoms with van der Waals surface area (Å²) in [4.78, 5) is 9.24. The van der Waals surface area contributed by atoms with Gasteiger partial charge in [0.15, 0.2) is 0 Å². The van der Waals surface area contributed by atoms with Gasteiger partial charge in [-0.2, -0.15) is 0 Å². The van der Waals surface area contributed by atoms with Crippen molar-refractivity contribution >= 4 is 27.4 Å². The highest BCUT2D eigenvalue weighted by molar-refractivity contribution is 7.17. The lowest BCUT2D eigenvalue weighted by molar-refractivity contribution is 0.105. The van der Waals surface area contributed by atoms with Crippen LogP contribution in [0.1, 0.15) is 0 Å². The molecule has 0 radical (unpaired) electrons. The zero-order chi connectivity index (χ0) is 15.5. The molecule has 114 valence electrons. The van der Waals surface area contributed by atoms with E-state index in [0.717, 1.165) is 21.3 Å². The standard InChI is InChI=1S/C15H14FN3O2S/c16-10-3-1-9(2-4-10)12-7-22-15-13(12)14(18-8-19-15)17-5-11(21)6-20/h1-4,7-8,11,20-21H,5-6H2,(H,17,18,19). The van der Waals surface area contributed by atoms with Gasteiger partial charge >= 0.3 is 0 Å². The Morgan fingerprint density at radius 3 is 2.73 bits per heavy atom. The molecule has 0 fully saturated rings. The summed E-state index contributed by atoms with van der Waals surface area (Å²) in [6.45, 7) is -0.142. The van der Waals surface area contributed by atoms with Gasteiger partial charge in [-0.1, -0.05) is 12.1 Å². The van der Waals surface area contributed by atoms with Gasteiger partial charge in [-0.3, -0.25) is 0 Å². The first kappa shape index (κ1) is 14.8. The molecule has 5 nitrogen and oxygen atoms in total. The van der Waals surface area contributed by atoms with E-state index < -0.39 is 6.10 Å². The van der Waals surface area contributed by atoms with Gasteiger partial charge in [-0.25, -0.2) is 14.4 Å². The molecule has 2 aromatic heterocycles. The van der Waals surface area contributed by atoms with Crippen LogP contribution in [0.15, 0.2) is 36.0 Å². The van der Waals surface area contributed by atoms with Crippen molar-refractivity contribution in [2.45, 2.75) is 6.10 Å². The number of rotatable bonds is 5. The molecule has 22 heavy (non-hydrogen) atoms. The summed E-state index contributed by atoms with van der Waals surface area (Å²) < 4.78 is 13.1. The molecule has 0 saturated heterocycles. The quantitative estimate of drug-likeness (QED) is 0.672. The molecule has 1 aromatic carbocycles. The maximum absolute atomic E-state index is 13.1. The lowest BCUT2D eigenvalue weighted by Crippen LogP contribution is -2.23. The number of aromatic nitrogens is 2. The van der Waals surface area contributed by atoms with Crippen LogP contribution in [0.25, 0.3) is 21.3 Å². The van der Waals surface area contributed by atoms with Crippen LogP contribution in [0.3, 0.4) is 0 Å². The van der Waals surface area contributed by atoms with Crippen LogP contribution >= 0.6 is 11.3 Å². The molecule has 3 aromatic rings. The van der Waals surface area contributed by atoms with E-state index >= 15 is 0 Å². The van der Waals surface area contributed by atoms with Gasteiger partial charge in [-0.15, -0.1) is 11.3 Å². The van der Waals surface area contributed by atoms with E-state index in [9.17, 15) is 9.50 Å². The van der Waals surface area contributed by atoms with Gasteiger partial charge in [0.1, 0.15) is 22.8 Å². The summed E-state index contributed by atoms with van der Waals surface area (Å²) in [6.07, 6.45) is 0.582. The first-order valence-corrected chi connectivity index (χ1v) is 7.58. The van der Waals surface area contributed by atoms with E-state index in [1.165, 1.54) is 29.8 Å². The van der Waals surface area contributed by atoms with E-state index in [-0.39, 0.29) is 19.0 Å². The van der Waals surface area contributed by atoms with Gasteiger partial charge in [0, 0.05) is 17.5 Å². The summed E-state index contributed by atoms with van der Waals surface area (Å²) in [7, 11) is 0. The van der Waals surface area contributed by atoms with Gasteiger partial charge < -0.3 is 15.5 Å². The number of hydrogen-bond acceptors (Lipinski definition) is 6. The second-order valence-corrected chi connectivity index (χ2v) is 5.63. The molecular formula is C15H14FN3O2S. The van der Waals surface area contributed by atoms with Crippen molar-refractivity contribution in [3.63, 3.8) is 0 Å². The smallest absolute Gasteiger partial charge is 0.138 e. The zero-order valence-electron chi connectivity index (χ0n) is 11.5. The fourth-order valence-electron chi connectivity index (χ4n) is 2.13. The van der Waals surface area contributed by atoms with Gasteiger partial charge in [0.2, 0.25) is 0 Å². The Balaban J connectivity index is 2.02. The third-order valence-corrected chi connectivity index (χ3v) is 4.13. The Hall–Kier alpha value is -2.09. The Kier molecular flexibility index (Phi) is 4.28. The highest BCUT2D eigenvalue weighted by atomic mass is 32.1. The Morgan fingerprint density at radius 2 is 2.00 bits per heavy atom. The van der Waals surface area contributed by atoms with Crippen LogP contribution in [-0.4, -0.2) is 39.4 Å². The molecule has 1 atom stereocenters. The summed E-state index contributed by atoms with van der Waals surface area (Å²) in [5.41, 5.74) is 1.77. The predicted octanol–water partition coefficient (Wildman–Crippen LogP) is 2.26. The fourth-order valence-corrected chi connectivity index (χ4v) is 3.05. The number of anilines is 1. The number of nitrogens with one attached hydrogen (secondary N) is 1. The Morgan fingerprint density at radius 1 is 1.23 bits per heavy atom. The second kappa shape index (κ2) is 6.35. The van der Waals surface area contributed by atoms with Gasteiger partial charge in [0.05, 0.1) is 18.1 Å². The molecule has 0 aliphatic carbocycles. The number of thiophene rings is 1. The van der Waals surface area contributed by atoms with Crippen LogP contribution in [0, 0.1) is 5.82 Å². The lowest BCUT2D eigenvalue weighted by Gasteiger charge is -2.11. The maximum Gasteiger partial charge on any atom is 0.138 e. The van der Waals surface area contributed by atoms with Crippen molar-refractivity contribution in [2.24, 2.45) is 0 Å². The second-order valence-electron chi connectivity index (χ2n) is 4.78. The summed E-state index contributed by atoms with van der Waals surface area (Å²) in [5, 5.41) is 24.1. The van der Waals surface area contributed by atoms with Crippen molar-refractivity contribution in [3.8, 4) is 11.1 Å². The third-order valence-electron chi connectivity index (χ3n) is 3.24. The van der Waals surface area contributed by atoms with Crippen molar-refractivity contribution in [1.82, 2.24) is 9.97 Å². The van der Waals surface area contributed by atoms with Crippen molar-refractivity contribution < 1.29 is 14.6 Å². The Bertz CT molecular complexity index is 776. The number of aliphatic hydroxyl groups is 2. The topological polar surface area (TPSA) is 78.3 Å². The number of nitrogens with zero attached hydrogens (tertiary/aromatic N) is 2. The van der Waals surface area contributed by atoms with Crippen LogP contribution in [-0.2, 0) is 0 Å². The minimum atomic E-state index is -0.863. The van der Waals surface area contributed by atoms with E-state index in [4.69, 9.17) is 5.11 Å². The van der Waals surface area contributed by atoms with Crippen LogP contribution in [0.4, 0.5) is 10.2 Å². The molecule has 0 amide bonds. The molecule has 2 heterocycles. The van der Waals surface area contributed by atoms with Crippen molar-refractivity contribution in [3.05, 3.63) is 41.8 Å². The fraction of sp³-hybridized carbons (Fsp3) is 0.200. The van der Waals surface area contributed by atoms with Crippen LogP contribution in [0.2, 0.25) is 0 Å². The largest absolute Gasteiger partial charge is 0.394 e. The number of fused-ring (bicyclic) bond motifs is 1. The number of benzene rings is 1. The molecule has 0 aliphatic rings. The van der Waals surface area contributed by atoms with Gasteiger partial charge in [0.25, 0.3) is 0 Å². The minimum Gasteiger partial charge on any atom is -0.394 e. The first-order chi connectivity index (χ1) is 10.7. The lowest BCUT2D eigenvalue weighted by atomic mass is 10.1. The molecule has 0 saturated carbocycles. The summed E-state index contributed by atoms with van der Waals surface area (Å²) in [5.74, 6) is 0.294. The molecular weight excluding hydrogens is 305 g/mol. The normalized spacial score (nSPS) is 12.5. The summed E-state index contributed by atoms with van der Waals surface area (Å²) in [6, 6.07) is 6.23. The number of halogens is 1. The highest BCUT2D eigenvalue weighted by Gasteiger charge is 2.13.